The molecule has 0 radical (unpaired) electrons. The Kier molecular flexibility index (Phi) is 4.51. The first-order chi connectivity index (χ1) is 10.9. The van der Waals surface area contributed by atoms with Gasteiger partial charge in [-0.2, -0.15) is 18.4 Å². The van der Waals surface area contributed by atoms with Crippen LogP contribution in [0.5, 0.6) is 0 Å². The first-order valence-electron chi connectivity index (χ1n) is 6.55. The summed E-state index contributed by atoms with van der Waals surface area (Å²) in [6.45, 7) is 0. The second kappa shape index (κ2) is 6.36. The average Bonchev–Trinajstić information content (AvgIpc) is 2.55. The van der Waals surface area contributed by atoms with Gasteiger partial charge in [0.25, 0.3) is 0 Å². The summed E-state index contributed by atoms with van der Waals surface area (Å²) >= 11 is 0. The van der Waals surface area contributed by atoms with Crippen LogP contribution in [0.3, 0.4) is 0 Å². The van der Waals surface area contributed by atoms with E-state index in [-0.39, 0.29) is 0 Å². The fourth-order valence-corrected chi connectivity index (χ4v) is 2.13. The fourth-order valence-electron chi connectivity index (χ4n) is 2.13. The number of nitrogens with one attached hydrogen (secondary N) is 1. The van der Waals surface area contributed by atoms with Crippen LogP contribution in [0.25, 0.3) is 16.7 Å². The van der Waals surface area contributed by atoms with Gasteiger partial charge in [0.2, 0.25) is 0 Å². The van der Waals surface area contributed by atoms with Gasteiger partial charge >= 0.3 is 6.18 Å². The summed E-state index contributed by atoms with van der Waals surface area (Å²) in [6, 6.07) is 11.6. The van der Waals surface area contributed by atoms with Crippen LogP contribution < -0.4 is 5.73 Å². The van der Waals surface area contributed by atoms with E-state index in [1.54, 1.807) is 18.2 Å². The zero-order valence-corrected chi connectivity index (χ0v) is 11.9. The molecule has 0 saturated heterocycles. The van der Waals surface area contributed by atoms with Crippen molar-refractivity contribution in [2.75, 3.05) is 0 Å². The molecular formula is C17H12F3N3. The summed E-state index contributed by atoms with van der Waals surface area (Å²) in [7, 11) is 0. The molecule has 0 fully saturated rings. The van der Waals surface area contributed by atoms with Crippen molar-refractivity contribution < 1.29 is 13.2 Å². The van der Waals surface area contributed by atoms with E-state index >= 15 is 0 Å². The van der Waals surface area contributed by atoms with E-state index in [0.29, 0.717) is 27.8 Å². The highest BCUT2D eigenvalue weighted by atomic mass is 19.4. The minimum absolute atomic E-state index is 0.334. The number of nitriles is 1. The molecule has 2 aromatic carbocycles. The fraction of sp³-hybridized carbons (Fsp3) is 0.0588. The summed E-state index contributed by atoms with van der Waals surface area (Å²) in [5, 5.41) is 16.5. The monoisotopic (exact) mass is 315 g/mol. The van der Waals surface area contributed by atoms with Gasteiger partial charge in [-0.1, -0.05) is 18.2 Å². The maximum absolute atomic E-state index is 12.6. The molecule has 3 nitrogen and oxygen atoms in total. The van der Waals surface area contributed by atoms with E-state index in [2.05, 4.69) is 0 Å². The predicted octanol–water partition coefficient (Wildman–Crippen LogP) is 4.19. The van der Waals surface area contributed by atoms with Crippen molar-refractivity contribution in [3.05, 3.63) is 65.4 Å². The molecule has 0 atom stereocenters. The molecule has 23 heavy (non-hydrogen) atoms. The summed E-state index contributed by atoms with van der Waals surface area (Å²) in [6.07, 6.45) is -2.16. The number of nitrogens with zero attached hydrogens (tertiary/aromatic N) is 1. The minimum atomic E-state index is -4.38. The number of hydrogen-bond acceptors (Lipinski definition) is 3. The zero-order chi connectivity index (χ0) is 17.0. The highest BCUT2D eigenvalue weighted by Gasteiger charge is 2.29. The molecule has 0 bridgehead atoms. The summed E-state index contributed by atoms with van der Waals surface area (Å²) in [5.74, 6) is 0. The van der Waals surface area contributed by atoms with Crippen molar-refractivity contribution in [3.8, 4) is 17.2 Å². The molecule has 2 aromatic rings. The Morgan fingerprint density at radius 3 is 2.17 bits per heavy atom. The highest BCUT2D eigenvalue weighted by molar-refractivity contribution is 6.09. The summed E-state index contributed by atoms with van der Waals surface area (Å²) in [4.78, 5) is 0. The van der Waals surface area contributed by atoms with Crippen LogP contribution in [0.2, 0.25) is 0 Å². The van der Waals surface area contributed by atoms with Gasteiger partial charge in [-0.05, 0) is 35.4 Å². The van der Waals surface area contributed by atoms with Gasteiger partial charge in [-0.25, -0.2) is 0 Å². The summed E-state index contributed by atoms with van der Waals surface area (Å²) < 4.78 is 37.8. The largest absolute Gasteiger partial charge is 0.416 e. The lowest BCUT2D eigenvalue weighted by atomic mass is 9.95. The van der Waals surface area contributed by atoms with Crippen LogP contribution >= 0.6 is 0 Å². The van der Waals surface area contributed by atoms with Gasteiger partial charge in [-0.15, -0.1) is 0 Å². The first kappa shape index (κ1) is 16.3. The number of alkyl halides is 3. The van der Waals surface area contributed by atoms with Crippen LogP contribution in [-0.2, 0) is 6.18 Å². The SMILES string of the molecule is N#Cc1ccc(-c2ccc(C(F)(F)F)cc2)cc1/C(C=N)=C/N. The quantitative estimate of drug-likeness (QED) is 0.833. The second-order valence-corrected chi connectivity index (χ2v) is 4.71. The van der Waals surface area contributed by atoms with Crippen molar-refractivity contribution in [1.29, 1.82) is 10.7 Å². The Morgan fingerprint density at radius 1 is 1.09 bits per heavy atom. The second-order valence-electron chi connectivity index (χ2n) is 4.71. The molecule has 0 aliphatic rings. The van der Waals surface area contributed by atoms with E-state index < -0.39 is 11.7 Å². The third-order valence-electron chi connectivity index (χ3n) is 3.33. The van der Waals surface area contributed by atoms with Crippen LogP contribution in [0.4, 0.5) is 13.2 Å². The van der Waals surface area contributed by atoms with Crippen LogP contribution in [0.1, 0.15) is 16.7 Å². The van der Waals surface area contributed by atoms with Gasteiger partial charge in [0, 0.05) is 23.6 Å². The van der Waals surface area contributed by atoms with Crippen molar-refractivity contribution in [2.24, 2.45) is 5.73 Å². The minimum Gasteiger partial charge on any atom is -0.404 e. The van der Waals surface area contributed by atoms with Gasteiger partial charge in [0.15, 0.2) is 0 Å². The standard InChI is InChI=1S/C17H12F3N3/c18-17(19,20)15-5-3-11(4-6-15)12-1-2-13(8-21)16(7-12)14(9-22)10-23/h1-7,9-10,22H,23H2/b14-10+,22-9?. The Hall–Kier alpha value is -3.07. The van der Waals surface area contributed by atoms with Crippen molar-refractivity contribution in [3.63, 3.8) is 0 Å². The summed E-state index contributed by atoms with van der Waals surface area (Å²) in [5.41, 5.74) is 7.08. The molecule has 0 aromatic heterocycles. The predicted molar refractivity (Wildman–Crippen MR) is 82.5 cm³/mol. The maximum Gasteiger partial charge on any atom is 0.416 e. The lowest BCUT2D eigenvalue weighted by Gasteiger charge is -2.10. The van der Waals surface area contributed by atoms with Gasteiger partial charge in [0.05, 0.1) is 17.2 Å². The van der Waals surface area contributed by atoms with E-state index in [1.807, 2.05) is 6.07 Å². The molecule has 0 saturated carbocycles. The third-order valence-corrected chi connectivity index (χ3v) is 3.33. The number of rotatable bonds is 3. The Balaban J connectivity index is 2.51. The maximum atomic E-state index is 12.6. The molecule has 0 aliphatic carbocycles. The van der Waals surface area contributed by atoms with Crippen LogP contribution in [0, 0.1) is 16.7 Å². The Bertz CT molecular complexity index is 797. The molecule has 0 heterocycles. The van der Waals surface area contributed by atoms with E-state index in [1.165, 1.54) is 18.3 Å². The number of halogens is 3. The van der Waals surface area contributed by atoms with Crippen molar-refractivity contribution >= 4 is 11.8 Å². The van der Waals surface area contributed by atoms with Gasteiger partial charge < -0.3 is 11.1 Å². The molecule has 3 N–H and O–H groups in total. The topological polar surface area (TPSA) is 73.7 Å². The van der Waals surface area contributed by atoms with Gasteiger partial charge in [0.1, 0.15) is 0 Å². The highest BCUT2D eigenvalue weighted by Crippen LogP contribution is 2.32. The Morgan fingerprint density at radius 2 is 1.70 bits per heavy atom. The third kappa shape index (κ3) is 3.40. The molecule has 6 heteroatoms. The molecule has 0 aliphatic heterocycles. The lowest BCUT2D eigenvalue weighted by Crippen LogP contribution is -2.04. The molecule has 0 spiro atoms. The van der Waals surface area contributed by atoms with Crippen molar-refractivity contribution in [2.45, 2.75) is 6.18 Å². The normalized spacial score (nSPS) is 11.8. The zero-order valence-electron chi connectivity index (χ0n) is 11.9. The van der Waals surface area contributed by atoms with E-state index in [4.69, 9.17) is 16.4 Å². The first-order valence-corrected chi connectivity index (χ1v) is 6.55. The molecular weight excluding hydrogens is 303 g/mol. The Labute approximate surface area is 131 Å². The number of allylic oxidation sites excluding steroid dienone is 1. The van der Waals surface area contributed by atoms with E-state index in [9.17, 15) is 13.2 Å². The van der Waals surface area contributed by atoms with E-state index in [0.717, 1.165) is 18.3 Å². The lowest BCUT2D eigenvalue weighted by molar-refractivity contribution is -0.137. The smallest absolute Gasteiger partial charge is 0.404 e. The molecule has 0 unspecified atom stereocenters. The number of nitrogens with two attached hydrogens (primary N) is 1. The average molecular weight is 315 g/mol. The van der Waals surface area contributed by atoms with Crippen LogP contribution in [-0.4, -0.2) is 6.21 Å². The molecule has 0 amide bonds. The molecule has 2 rings (SSSR count). The number of benzene rings is 2. The molecule has 116 valence electrons. The number of hydrogen-bond donors (Lipinski definition) is 2. The van der Waals surface area contributed by atoms with Crippen LogP contribution in [0.15, 0.2) is 48.7 Å². The van der Waals surface area contributed by atoms with Gasteiger partial charge in [-0.3, -0.25) is 0 Å². The van der Waals surface area contributed by atoms with Crippen molar-refractivity contribution in [1.82, 2.24) is 0 Å².